The van der Waals surface area contributed by atoms with Gasteiger partial charge < -0.3 is 10.2 Å². The van der Waals surface area contributed by atoms with E-state index in [1.54, 1.807) is 0 Å². The molecule has 0 fully saturated rings. The van der Waals surface area contributed by atoms with E-state index in [2.05, 4.69) is 17.4 Å². The second kappa shape index (κ2) is 8.32. The van der Waals surface area contributed by atoms with Crippen molar-refractivity contribution in [2.24, 2.45) is 11.8 Å². The molecule has 0 aliphatic carbocycles. The zero-order valence-electron chi connectivity index (χ0n) is 15.3. The van der Waals surface area contributed by atoms with Crippen molar-refractivity contribution in [3.8, 4) is 0 Å². The second-order valence-corrected chi connectivity index (χ2v) is 7.02. The SMILES string of the molecule is CCC(CC)C(=O)N[C@@H](C(=O)N1CCc2ccccc2C1)C(C)C. The Hall–Kier alpha value is -1.84. The molecule has 2 amide bonds. The van der Waals surface area contributed by atoms with Crippen LogP contribution in [0.25, 0.3) is 0 Å². The average Bonchev–Trinajstić information content (AvgIpc) is 2.59. The van der Waals surface area contributed by atoms with Crippen molar-refractivity contribution in [2.45, 2.75) is 59.5 Å². The largest absolute Gasteiger partial charge is 0.344 e. The third kappa shape index (κ3) is 4.16. The molecular formula is C20H30N2O2. The van der Waals surface area contributed by atoms with Crippen LogP contribution in [0.3, 0.4) is 0 Å². The lowest BCUT2D eigenvalue weighted by atomic mass is 9.96. The Morgan fingerprint density at radius 3 is 2.33 bits per heavy atom. The molecule has 24 heavy (non-hydrogen) atoms. The minimum atomic E-state index is -0.441. The zero-order chi connectivity index (χ0) is 17.7. The molecule has 4 heteroatoms. The minimum absolute atomic E-state index is 0.00413. The van der Waals surface area contributed by atoms with E-state index >= 15 is 0 Å². The van der Waals surface area contributed by atoms with E-state index in [1.807, 2.05) is 44.7 Å². The first kappa shape index (κ1) is 18.5. The predicted molar refractivity (Wildman–Crippen MR) is 96.4 cm³/mol. The summed E-state index contributed by atoms with van der Waals surface area (Å²) in [6.07, 6.45) is 2.49. The molecule has 1 aliphatic rings. The molecule has 2 rings (SSSR count). The molecule has 0 spiro atoms. The lowest BCUT2D eigenvalue weighted by Gasteiger charge is -2.34. The number of nitrogens with zero attached hydrogens (tertiary/aromatic N) is 1. The Labute approximate surface area is 145 Å². The Morgan fingerprint density at radius 1 is 1.12 bits per heavy atom. The van der Waals surface area contributed by atoms with Gasteiger partial charge in [-0.05, 0) is 36.3 Å². The van der Waals surface area contributed by atoms with Crippen molar-refractivity contribution in [2.75, 3.05) is 6.54 Å². The third-order valence-corrected chi connectivity index (χ3v) is 5.03. The number of fused-ring (bicyclic) bond motifs is 1. The number of benzene rings is 1. The Balaban J connectivity index is 2.08. The van der Waals surface area contributed by atoms with E-state index < -0.39 is 6.04 Å². The van der Waals surface area contributed by atoms with Gasteiger partial charge in [0, 0.05) is 19.0 Å². The Morgan fingerprint density at radius 2 is 1.75 bits per heavy atom. The molecule has 1 atom stereocenters. The Kier molecular flexibility index (Phi) is 6.41. The first-order chi connectivity index (χ1) is 11.5. The highest BCUT2D eigenvalue weighted by molar-refractivity contribution is 5.88. The van der Waals surface area contributed by atoms with Crippen LogP contribution in [-0.4, -0.2) is 29.3 Å². The maximum atomic E-state index is 13.0. The summed E-state index contributed by atoms with van der Waals surface area (Å²) in [6.45, 7) is 9.38. The van der Waals surface area contributed by atoms with Crippen LogP contribution in [-0.2, 0) is 22.6 Å². The zero-order valence-corrected chi connectivity index (χ0v) is 15.3. The van der Waals surface area contributed by atoms with Crippen molar-refractivity contribution < 1.29 is 9.59 Å². The lowest BCUT2D eigenvalue weighted by molar-refractivity contribution is -0.139. The number of rotatable bonds is 6. The van der Waals surface area contributed by atoms with Gasteiger partial charge in [-0.25, -0.2) is 0 Å². The van der Waals surface area contributed by atoms with Gasteiger partial charge in [0.25, 0.3) is 0 Å². The first-order valence-electron chi connectivity index (χ1n) is 9.13. The van der Waals surface area contributed by atoms with Crippen molar-refractivity contribution in [1.82, 2.24) is 10.2 Å². The highest BCUT2D eigenvalue weighted by Crippen LogP contribution is 2.20. The van der Waals surface area contributed by atoms with Crippen molar-refractivity contribution in [3.63, 3.8) is 0 Å². The maximum Gasteiger partial charge on any atom is 0.245 e. The quantitative estimate of drug-likeness (QED) is 0.871. The standard InChI is InChI=1S/C20H30N2O2/c1-5-15(6-2)19(23)21-18(14(3)4)20(24)22-12-11-16-9-7-8-10-17(16)13-22/h7-10,14-15,18H,5-6,11-13H2,1-4H3,(H,21,23)/t18-/m1/s1. The molecule has 0 saturated carbocycles. The molecule has 0 radical (unpaired) electrons. The molecule has 0 bridgehead atoms. The van der Waals surface area contributed by atoms with Gasteiger partial charge in [0.15, 0.2) is 0 Å². The van der Waals surface area contributed by atoms with Gasteiger partial charge in [-0.2, -0.15) is 0 Å². The van der Waals surface area contributed by atoms with Crippen molar-refractivity contribution in [1.29, 1.82) is 0 Å². The highest BCUT2D eigenvalue weighted by atomic mass is 16.2. The van der Waals surface area contributed by atoms with E-state index in [-0.39, 0.29) is 23.7 Å². The van der Waals surface area contributed by atoms with Crippen LogP contribution in [0, 0.1) is 11.8 Å². The van der Waals surface area contributed by atoms with Gasteiger partial charge in [-0.3, -0.25) is 9.59 Å². The fourth-order valence-electron chi connectivity index (χ4n) is 3.32. The van der Waals surface area contributed by atoms with Gasteiger partial charge in [-0.1, -0.05) is 52.0 Å². The minimum Gasteiger partial charge on any atom is -0.344 e. The number of carbonyl (C=O) groups excluding carboxylic acids is 2. The molecule has 0 unspecified atom stereocenters. The van der Waals surface area contributed by atoms with Gasteiger partial charge in [0.1, 0.15) is 6.04 Å². The normalized spacial score (nSPS) is 15.3. The van der Waals surface area contributed by atoms with Crippen LogP contribution in [0.5, 0.6) is 0 Å². The summed E-state index contributed by atoms with van der Waals surface area (Å²) in [4.78, 5) is 27.3. The molecular weight excluding hydrogens is 300 g/mol. The van der Waals surface area contributed by atoms with Crippen molar-refractivity contribution in [3.05, 3.63) is 35.4 Å². The van der Waals surface area contributed by atoms with E-state index in [0.29, 0.717) is 6.54 Å². The first-order valence-corrected chi connectivity index (χ1v) is 9.13. The fourth-order valence-corrected chi connectivity index (χ4v) is 3.32. The van der Waals surface area contributed by atoms with Gasteiger partial charge in [0.05, 0.1) is 0 Å². The number of hydrogen-bond acceptors (Lipinski definition) is 2. The molecule has 0 aromatic heterocycles. The lowest BCUT2D eigenvalue weighted by Crippen LogP contribution is -2.53. The second-order valence-electron chi connectivity index (χ2n) is 7.02. The maximum absolute atomic E-state index is 13.0. The molecule has 1 N–H and O–H groups in total. The van der Waals surface area contributed by atoms with Gasteiger partial charge >= 0.3 is 0 Å². The number of carbonyl (C=O) groups is 2. The summed E-state index contributed by atoms with van der Waals surface area (Å²) in [5.74, 6) is 0.109. The fraction of sp³-hybridized carbons (Fsp3) is 0.600. The number of nitrogens with one attached hydrogen (secondary N) is 1. The molecule has 1 aromatic carbocycles. The summed E-state index contributed by atoms with van der Waals surface area (Å²) in [6, 6.07) is 7.84. The molecule has 0 saturated heterocycles. The predicted octanol–water partition coefficient (Wildman–Crippen LogP) is 3.15. The smallest absolute Gasteiger partial charge is 0.245 e. The molecule has 1 aromatic rings. The summed E-state index contributed by atoms with van der Waals surface area (Å²) in [7, 11) is 0. The van der Waals surface area contributed by atoms with E-state index in [9.17, 15) is 9.59 Å². The van der Waals surface area contributed by atoms with Crippen LogP contribution in [0.15, 0.2) is 24.3 Å². The summed E-state index contributed by atoms with van der Waals surface area (Å²) < 4.78 is 0. The van der Waals surface area contributed by atoms with Crippen LogP contribution in [0.1, 0.15) is 51.7 Å². The molecule has 1 heterocycles. The summed E-state index contributed by atoms with van der Waals surface area (Å²) >= 11 is 0. The van der Waals surface area contributed by atoms with E-state index in [4.69, 9.17) is 0 Å². The number of hydrogen-bond donors (Lipinski definition) is 1. The summed E-state index contributed by atoms with van der Waals surface area (Å²) in [5, 5.41) is 3.01. The van der Waals surface area contributed by atoms with Gasteiger partial charge in [-0.15, -0.1) is 0 Å². The van der Waals surface area contributed by atoms with Crippen LogP contribution >= 0.6 is 0 Å². The van der Waals surface area contributed by atoms with Crippen LogP contribution in [0.4, 0.5) is 0 Å². The Bertz CT molecular complexity index is 579. The van der Waals surface area contributed by atoms with E-state index in [1.165, 1.54) is 11.1 Å². The molecule has 1 aliphatic heterocycles. The topological polar surface area (TPSA) is 49.4 Å². The number of amides is 2. The summed E-state index contributed by atoms with van der Waals surface area (Å²) in [5.41, 5.74) is 2.54. The molecule has 132 valence electrons. The van der Waals surface area contributed by atoms with Crippen LogP contribution in [0.2, 0.25) is 0 Å². The van der Waals surface area contributed by atoms with Gasteiger partial charge in [0.2, 0.25) is 11.8 Å². The van der Waals surface area contributed by atoms with E-state index in [0.717, 1.165) is 25.8 Å². The molecule has 4 nitrogen and oxygen atoms in total. The average molecular weight is 330 g/mol. The third-order valence-electron chi connectivity index (χ3n) is 5.03. The highest BCUT2D eigenvalue weighted by Gasteiger charge is 2.31. The van der Waals surface area contributed by atoms with Crippen molar-refractivity contribution >= 4 is 11.8 Å². The van der Waals surface area contributed by atoms with Crippen LogP contribution < -0.4 is 5.32 Å². The monoisotopic (exact) mass is 330 g/mol.